The van der Waals surface area contributed by atoms with Crippen LogP contribution in [0.25, 0.3) is 0 Å². The summed E-state index contributed by atoms with van der Waals surface area (Å²) in [5.41, 5.74) is 3.12. The normalized spacial score (nSPS) is 10.9. The summed E-state index contributed by atoms with van der Waals surface area (Å²) >= 11 is 9.54. The summed E-state index contributed by atoms with van der Waals surface area (Å²) < 4.78 is 6.10. The maximum absolute atomic E-state index is 6.15. The molecule has 0 bridgehead atoms. The minimum atomic E-state index is 0.718. The molecule has 18 heavy (non-hydrogen) atoms. The zero-order valence-electron chi connectivity index (χ0n) is 10.3. The van der Waals surface area contributed by atoms with Gasteiger partial charge < -0.3 is 9.84 Å². The SMILES string of the molecule is Cc1noc(C)c1CNCc1ccc(Br)cc1Cl. The molecule has 0 fully saturated rings. The van der Waals surface area contributed by atoms with Crippen LogP contribution in [0.3, 0.4) is 0 Å². The Hall–Kier alpha value is -0.840. The van der Waals surface area contributed by atoms with Crippen molar-refractivity contribution in [3.8, 4) is 0 Å². The third kappa shape index (κ3) is 3.13. The summed E-state index contributed by atoms with van der Waals surface area (Å²) in [5.74, 6) is 0.863. The van der Waals surface area contributed by atoms with Gasteiger partial charge in [0.05, 0.1) is 5.69 Å². The molecular formula is C13H14BrClN2O. The molecule has 1 aromatic heterocycles. The summed E-state index contributed by atoms with van der Waals surface area (Å²) in [7, 11) is 0. The predicted octanol–water partition coefficient (Wildman–Crippen LogP) is 4.00. The van der Waals surface area contributed by atoms with Gasteiger partial charge in [-0.3, -0.25) is 0 Å². The third-order valence-corrected chi connectivity index (χ3v) is 3.66. The Balaban J connectivity index is 1.96. The fourth-order valence-electron chi connectivity index (χ4n) is 1.74. The van der Waals surface area contributed by atoms with Crippen molar-refractivity contribution in [1.29, 1.82) is 0 Å². The van der Waals surface area contributed by atoms with Crippen molar-refractivity contribution >= 4 is 27.5 Å². The highest BCUT2D eigenvalue weighted by Gasteiger charge is 2.08. The van der Waals surface area contributed by atoms with Crippen LogP contribution in [0, 0.1) is 13.8 Å². The molecule has 0 saturated carbocycles. The van der Waals surface area contributed by atoms with Crippen LogP contribution >= 0.6 is 27.5 Å². The molecule has 0 radical (unpaired) electrons. The lowest BCUT2D eigenvalue weighted by Gasteiger charge is -2.07. The van der Waals surface area contributed by atoms with Gasteiger partial charge in [0, 0.05) is 28.1 Å². The number of hydrogen-bond acceptors (Lipinski definition) is 3. The Kier molecular flexibility index (Phi) is 4.43. The molecule has 1 N–H and O–H groups in total. The first kappa shape index (κ1) is 13.6. The van der Waals surface area contributed by atoms with Crippen molar-refractivity contribution in [2.75, 3.05) is 0 Å². The Morgan fingerprint density at radius 2 is 2.11 bits per heavy atom. The van der Waals surface area contributed by atoms with E-state index >= 15 is 0 Å². The molecule has 2 aromatic rings. The predicted molar refractivity (Wildman–Crippen MR) is 75.7 cm³/mol. The third-order valence-electron chi connectivity index (χ3n) is 2.81. The van der Waals surface area contributed by atoms with Crippen LogP contribution in [0.4, 0.5) is 0 Å². The molecule has 1 heterocycles. The molecule has 0 aliphatic carbocycles. The molecule has 0 aliphatic rings. The summed E-state index contributed by atoms with van der Waals surface area (Å²) in [4.78, 5) is 0. The van der Waals surface area contributed by atoms with Crippen molar-refractivity contribution in [3.05, 3.63) is 50.3 Å². The summed E-state index contributed by atoms with van der Waals surface area (Å²) in [6, 6.07) is 5.89. The highest BCUT2D eigenvalue weighted by atomic mass is 79.9. The summed E-state index contributed by atoms with van der Waals surface area (Å²) in [5, 5.41) is 8.03. The van der Waals surface area contributed by atoms with Gasteiger partial charge in [-0.25, -0.2) is 0 Å². The Morgan fingerprint density at radius 3 is 2.72 bits per heavy atom. The van der Waals surface area contributed by atoms with Gasteiger partial charge in [0.1, 0.15) is 5.76 Å². The molecule has 0 spiro atoms. The van der Waals surface area contributed by atoms with E-state index in [0.717, 1.165) is 45.2 Å². The highest BCUT2D eigenvalue weighted by Crippen LogP contribution is 2.21. The average molecular weight is 330 g/mol. The molecule has 96 valence electrons. The van der Waals surface area contributed by atoms with Crippen LogP contribution in [0.5, 0.6) is 0 Å². The van der Waals surface area contributed by atoms with Crippen LogP contribution in [-0.2, 0) is 13.1 Å². The van der Waals surface area contributed by atoms with Crippen molar-refractivity contribution in [1.82, 2.24) is 10.5 Å². The number of aromatic nitrogens is 1. The molecule has 5 heteroatoms. The topological polar surface area (TPSA) is 38.1 Å². The number of rotatable bonds is 4. The van der Waals surface area contributed by atoms with Crippen molar-refractivity contribution in [2.24, 2.45) is 0 Å². The second-order valence-electron chi connectivity index (χ2n) is 4.14. The Morgan fingerprint density at radius 1 is 1.33 bits per heavy atom. The molecule has 3 nitrogen and oxygen atoms in total. The van der Waals surface area contributed by atoms with Crippen LogP contribution < -0.4 is 5.32 Å². The van der Waals surface area contributed by atoms with E-state index in [4.69, 9.17) is 16.1 Å². The Bertz CT molecular complexity index is 534. The second kappa shape index (κ2) is 5.87. The number of benzene rings is 1. The van der Waals surface area contributed by atoms with Crippen molar-refractivity contribution in [3.63, 3.8) is 0 Å². The van der Waals surface area contributed by atoms with Crippen LogP contribution in [0.15, 0.2) is 27.2 Å². The number of aryl methyl sites for hydroxylation is 2. The lowest BCUT2D eigenvalue weighted by Crippen LogP contribution is -2.13. The quantitative estimate of drug-likeness (QED) is 0.921. The van der Waals surface area contributed by atoms with E-state index in [1.54, 1.807) is 0 Å². The Labute approximate surface area is 120 Å². The minimum absolute atomic E-state index is 0.718. The zero-order chi connectivity index (χ0) is 13.1. The van der Waals surface area contributed by atoms with E-state index in [1.807, 2.05) is 32.0 Å². The van der Waals surface area contributed by atoms with Crippen LogP contribution in [0.1, 0.15) is 22.6 Å². The molecule has 0 amide bonds. The van der Waals surface area contributed by atoms with E-state index < -0.39 is 0 Å². The van der Waals surface area contributed by atoms with Gasteiger partial charge in [0.15, 0.2) is 0 Å². The molecular weight excluding hydrogens is 316 g/mol. The maximum Gasteiger partial charge on any atom is 0.138 e. The molecule has 0 atom stereocenters. The molecule has 0 unspecified atom stereocenters. The van der Waals surface area contributed by atoms with Gasteiger partial charge in [-0.1, -0.05) is 38.8 Å². The van der Waals surface area contributed by atoms with E-state index in [1.165, 1.54) is 0 Å². The summed E-state index contributed by atoms with van der Waals surface area (Å²) in [6.07, 6.45) is 0. The number of nitrogens with zero attached hydrogens (tertiary/aromatic N) is 1. The monoisotopic (exact) mass is 328 g/mol. The van der Waals surface area contributed by atoms with E-state index in [9.17, 15) is 0 Å². The fraction of sp³-hybridized carbons (Fsp3) is 0.308. The van der Waals surface area contributed by atoms with Gasteiger partial charge in [-0.05, 0) is 31.5 Å². The standard InChI is InChI=1S/C13H14BrClN2O/c1-8-12(9(2)18-17-8)7-16-6-10-3-4-11(14)5-13(10)15/h3-5,16H,6-7H2,1-2H3. The fourth-order valence-corrected chi connectivity index (χ4v) is 2.48. The molecule has 1 aromatic carbocycles. The van der Waals surface area contributed by atoms with Gasteiger partial charge in [0.2, 0.25) is 0 Å². The van der Waals surface area contributed by atoms with Crippen molar-refractivity contribution in [2.45, 2.75) is 26.9 Å². The largest absolute Gasteiger partial charge is 0.361 e. The lowest BCUT2D eigenvalue weighted by molar-refractivity contribution is 0.392. The van der Waals surface area contributed by atoms with E-state index in [2.05, 4.69) is 26.4 Å². The first-order valence-corrected chi connectivity index (χ1v) is 6.81. The van der Waals surface area contributed by atoms with Crippen LogP contribution in [0.2, 0.25) is 5.02 Å². The van der Waals surface area contributed by atoms with E-state index in [0.29, 0.717) is 0 Å². The van der Waals surface area contributed by atoms with Crippen molar-refractivity contribution < 1.29 is 4.52 Å². The van der Waals surface area contributed by atoms with Gasteiger partial charge >= 0.3 is 0 Å². The second-order valence-corrected chi connectivity index (χ2v) is 5.46. The average Bonchev–Trinajstić information content (AvgIpc) is 2.63. The maximum atomic E-state index is 6.15. The minimum Gasteiger partial charge on any atom is -0.361 e. The molecule has 2 rings (SSSR count). The van der Waals surface area contributed by atoms with Gasteiger partial charge in [0.25, 0.3) is 0 Å². The first-order chi connectivity index (χ1) is 8.58. The van der Waals surface area contributed by atoms with Gasteiger partial charge in [-0.15, -0.1) is 0 Å². The molecule has 0 saturated heterocycles. The van der Waals surface area contributed by atoms with Crippen LogP contribution in [-0.4, -0.2) is 5.16 Å². The number of nitrogens with one attached hydrogen (secondary N) is 1. The first-order valence-electron chi connectivity index (χ1n) is 5.64. The smallest absolute Gasteiger partial charge is 0.138 e. The summed E-state index contributed by atoms with van der Waals surface area (Å²) in [6.45, 7) is 5.31. The number of hydrogen-bond donors (Lipinski definition) is 1. The van der Waals surface area contributed by atoms with Gasteiger partial charge in [-0.2, -0.15) is 0 Å². The highest BCUT2D eigenvalue weighted by molar-refractivity contribution is 9.10. The zero-order valence-corrected chi connectivity index (χ0v) is 12.6. The number of halogens is 2. The van der Waals surface area contributed by atoms with E-state index in [-0.39, 0.29) is 0 Å². The molecule has 0 aliphatic heterocycles. The lowest BCUT2D eigenvalue weighted by atomic mass is 10.2.